The summed E-state index contributed by atoms with van der Waals surface area (Å²) in [4.78, 5) is 24.1. The van der Waals surface area contributed by atoms with Gasteiger partial charge in [0.1, 0.15) is 5.15 Å². The molecule has 104 valence electrons. The summed E-state index contributed by atoms with van der Waals surface area (Å²) in [6, 6.07) is 7.29. The third-order valence-electron chi connectivity index (χ3n) is 4.16. The molecule has 0 spiro atoms. The lowest BCUT2D eigenvalue weighted by atomic mass is 9.94. The average Bonchev–Trinajstić information content (AvgIpc) is 2.49. The van der Waals surface area contributed by atoms with Crippen molar-refractivity contribution in [3.63, 3.8) is 0 Å². The maximum absolute atomic E-state index is 12.7. The predicted molar refractivity (Wildman–Crippen MR) is 80.7 cm³/mol. The van der Waals surface area contributed by atoms with Crippen molar-refractivity contribution >= 4 is 28.7 Å². The molecule has 1 fully saturated rings. The van der Waals surface area contributed by atoms with E-state index in [1.807, 2.05) is 12.1 Å². The van der Waals surface area contributed by atoms with Crippen LogP contribution in [0.4, 0.5) is 0 Å². The molecule has 1 saturated carbocycles. The second-order valence-electron chi connectivity index (χ2n) is 5.33. The van der Waals surface area contributed by atoms with Gasteiger partial charge in [0.15, 0.2) is 6.29 Å². The summed E-state index contributed by atoms with van der Waals surface area (Å²) in [7, 11) is 0. The van der Waals surface area contributed by atoms with Crippen LogP contribution in [-0.2, 0) is 0 Å². The van der Waals surface area contributed by atoms with Gasteiger partial charge in [-0.1, -0.05) is 49.1 Å². The van der Waals surface area contributed by atoms with Crippen LogP contribution in [0.25, 0.3) is 10.8 Å². The zero-order valence-corrected chi connectivity index (χ0v) is 11.9. The number of carbonyl (C=O) groups excluding carboxylic acids is 1. The number of hydrogen-bond acceptors (Lipinski definition) is 2. The molecule has 2 aromatic rings. The van der Waals surface area contributed by atoms with Crippen LogP contribution in [0.2, 0.25) is 5.15 Å². The van der Waals surface area contributed by atoms with Gasteiger partial charge in [0, 0.05) is 16.8 Å². The van der Waals surface area contributed by atoms with E-state index in [4.69, 9.17) is 11.6 Å². The van der Waals surface area contributed by atoms with Gasteiger partial charge < -0.3 is 0 Å². The highest BCUT2D eigenvalue weighted by molar-refractivity contribution is 6.33. The van der Waals surface area contributed by atoms with Crippen LogP contribution in [0.3, 0.4) is 0 Å². The van der Waals surface area contributed by atoms with E-state index < -0.39 is 0 Å². The monoisotopic (exact) mass is 289 g/mol. The molecule has 1 aromatic carbocycles. The molecule has 0 unspecified atom stereocenters. The Kier molecular flexibility index (Phi) is 3.62. The fourth-order valence-electron chi connectivity index (χ4n) is 3.14. The van der Waals surface area contributed by atoms with Gasteiger partial charge >= 0.3 is 0 Å². The second-order valence-corrected chi connectivity index (χ2v) is 5.69. The molecule has 0 atom stereocenters. The lowest BCUT2D eigenvalue weighted by molar-refractivity contribution is 0.112. The summed E-state index contributed by atoms with van der Waals surface area (Å²) in [6.45, 7) is 0. The molecule has 1 aliphatic rings. The van der Waals surface area contributed by atoms with E-state index in [0.29, 0.717) is 16.3 Å². The summed E-state index contributed by atoms with van der Waals surface area (Å²) in [6.07, 6.45) is 6.08. The van der Waals surface area contributed by atoms with Gasteiger partial charge in [0.05, 0.1) is 5.56 Å². The molecule has 3 nitrogen and oxygen atoms in total. The lowest BCUT2D eigenvalue weighted by Crippen LogP contribution is -2.28. The minimum atomic E-state index is -0.0805. The van der Waals surface area contributed by atoms with E-state index in [1.165, 1.54) is 6.42 Å². The van der Waals surface area contributed by atoms with Gasteiger partial charge in [-0.25, -0.2) is 0 Å². The number of fused-ring (bicyclic) bond motifs is 1. The zero-order chi connectivity index (χ0) is 14.1. The number of aldehydes is 1. The Morgan fingerprint density at radius 3 is 2.40 bits per heavy atom. The molecular weight excluding hydrogens is 274 g/mol. The maximum atomic E-state index is 12.7. The first kappa shape index (κ1) is 13.4. The highest BCUT2D eigenvalue weighted by Crippen LogP contribution is 2.32. The van der Waals surface area contributed by atoms with Gasteiger partial charge in [-0.05, 0) is 18.9 Å². The summed E-state index contributed by atoms with van der Waals surface area (Å²) >= 11 is 6.36. The van der Waals surface area contributed by atoms with Crippen LogP contribution in [0.5, 0.6) is 0 Å². The van der Waals surface area contributed by atoms with Crippen molar-refractivity contribution < 1.29 is 4.79 Å². The Labute approximate surface area is 122 Å². The largest absolute Gasteiger partial charge is 0.298 e. The maximum Gasteiger partial charge on any atom is 0.259 e. The Morgan fingerprint density at radius 1 is 1.10 bits per heavy atom. The van der Waals surface area contributed by atoms with Crippen LogP contribution < -0.4 is 5.56 Å². The molecule has 1 aromatic heterocycles. The average molecular weight is 290 g/mol. The predicted octanol–water partition coefficient (Wildman–Crippen LogP) is 3.97. The number of aromatic nitrogens is 1. The summed E-state index contributed by atoms with van der Waals surface area (Å²) < 4.78 is 1.63. The topological polar surface area (TPSA) is 39.1 Å². The van der Waals surface area contributed by atoms with Crippen LogP contribution in [0.15, 0.2) is 29.1 Å². The number of hydrogen-bond donors (Lipinski definition) is 0. The van der Waals surface area contributed by atoms with E-state index in [-0.39, 0.29) is 16.8 Å². The van der Waals surface area contributed by atoms with E-state index in [9.17, 15) is 9.59 Å². The minimum absolute atomic E-state index is 0.0805. The standard InChI is InChI=1S/C16H16ClNO2/c17-15-14(10-19)12-8-4-5-9-13(12)16(20)18(15)11-6-2-1-3-7-11/h4-5,8-11H,1-3,6-7H2. The van der Waals surface area contributed by atoms with Gasteiger partial charge in [-0.2, -0.15) is 0 Å². The molecule has 0 amide bonds. The van der Waals surface area contributed by atoms with E-state index in [2.05, 4.69) is 0 Å². The molecule has 3 rings (SSSR count). The number of pyridine rings is 1. The highest BCUT2D eigenvalue weighted by Gasteiger charge is 2.22. The summed E-state index contributed by atoms with van der Waals surface area (Å²) in [5, 5.41) is 1.50. The Balaban J connectivity index is 2.31. The van der Waals surface area contributed by atoms with E-state index in [1.54, 1.807) is 16.7 Å². The smallest absolute Gasteiger partial charge is 0.259 e. The first-order chi connectivity index (χ1) is 9.74. The molecule has 0 bridgehead atoms. The second kappa shape index (κ2) is 5.41. The van der Waals surface area contributed by atoms with Crippen molar-refractivity contribution in [1.82, 2.24) is 4.57 Å². The Morgan fingerprint density at radius 2 is 1.75 bits per heavy atom. The summed E-state index contributed by atoms with van der Waals surface area (Å²) in [5.41, 5.74) is 0.343. The normalized spacial score (nSPS) is 16.4. The van der Waals surface area contributed by atoms with Crippen LogP contribution in [0.1, 0.15) is 48.5 Å². The molecule has 20 heavy (non-hydrogen) atoms. The highest BCUT2D eigenvalue weighted by atomic mass is 35.5. The molecule has 1 aliphatic carbocycles. The number of carbonyl (C=O) groups is 1. The van der Waals surface area contributed by atoms with E-state index >= 15 is 0 Å². The Bertz CT molecular complexity index is 714. The molecule has 0 radical (unpaired) electrons. The molecular formula is C16H16ClNO2. The number of rotatable bonds is 2. The molecule has 0 N–H and O–H groups in total. The molecule has 0 aliphatic heterocycles. The van der Waals surface area contributed by atoms with Crippen molar-refractivity contribution in [2.75, 3.05) is 0 Å². The molecule has 1 heterocycles. The van der Waals surface area contributed by atoms with Crippen molar-refractivity contribution in [3.05, 3.63) is 45.3 Å². The Hall–Kier alpha value is -1.61. The number of benzene rings is 1. The molecule has 4 heteroatoms. The van der Waals surface area contributed by atoms with Gasteiger partial charge in [-0.3, -0.25) is 14.2 Å². The third kappa shape index (κ3) is 2.06. The van der Waals surface area contributed by atoms with Gasteiger partial charge in [0.2, 0.25) is 0 Å². The quantitative estimate of drug-likeness (QED) is 0.620. The summed E-state index contributed by atoms with van der Waals surface area (Å²) in [5.74, 6) is 0. The van der Waals surface area contributed by atoms with E-state index in [0.717, 1.165) is 32.0 Å². The minimum Gasteiger partial charge on any atom is -0.298 e. The fourth-order valence-corrected chi connectivity index (χ4v) is 3.50. The van der Waals surface area contributed by atoms with Crippen LogP contribution in [-0.4, -0.2) is 10.9 Å². The van der Waals surface area contributed by atoms with Crippen LogP contribution >= 0.6 is 11.6 Å². The lowest BCUT2D eigenvalue weighted by Gasteiger charge is -2.26. The first-order valence-electron chi connectivity index (χ1n) is 7.02. The SMILES string of the molecule is O=Cc1c(Cl)n(C2CCCCC2)c(=O)c2ccccc12. The van der Waals surface area contributed by atoms with Gasteiger partial charge in [0.25, 0.3) is 5.56 Å². The van der Waals surface area contributed by atoms with Crippen molar-refractivity contribution in [2.45, 2.75) is 38.1 Å². The van der Waals surface area contributed by atoms with Crippen molar-refractivity contribution in [1.29, 1.82) is 0 Å². The number of nitrogens with zero attached hydrogens (tertiary/aromatic N) is 1. The van der Waals surface area contributed by atoms with Crippen LogP contribution in [0, 0.1) is 0 Å². The van der Waals surface area contributed by atoms with Crippen molar-refractivity contribution in [2.24, 2.45) is 0 Å². The van der Waals surface area contributed by atoms with Gasteiger partial charge in [-0.15, -0.1) is 0 Å². The third-order valence-corrected chi connectivity index (χ3v) is 4.54. The molecule has 0 saturated heterocycles. The fraction of sp³-hybridized carbons (Fsp3) is 0.375. The van der Waals surface area contributed by atoms with Crippen molar-refractivity contribution in [3.8, 4) is 0 Å². The number of halogens is 1. The first-order valence-corrected chi connectivity index (χ1v) is 7.39. The zero-order valence-electron chi connectivity index (χ0n) is 11.1.